The molecule has 3 heterocycles. The maximum atomic E-state index is 11.8. The topological polar surface area (TPSA) is 60.9 Å². The van der Waals surface area contributed by atoms with Gasteiger partial charge in [0, 0.05) is 29.4 Å². The van der Waals surface area contributed by atoms with Crippen LogP contribution in [0.4, 0.5) is 0 Å². The molecule has 0 bridgehead atoms. The fraction of sp³-hybridized carbons (Fsp3) is 0.111. The summed E-state index contributed by atoms with van der Waals surface area (Å²) >= 11 is 1.81. The van der Waals surface area contributed by atoms with E-state index >= 15 is 0 Å². The summed E-state index contributed by atoms with van der Waals surface area (Å²) in [4.78, 5) is 16.0. The molecule has 24 heavy (non-hydrogen) atoms. The number of amides is 1. The highest BCUT2D eigenvalue weighted by Crippen LogP contribution is 2.45. The van der Waals surface area contributed by atoms with Crippen LogP contribution in [0.15, 0.2) is 60.9 Å². The molecule has 0 saturated carbocycles. The molecule has 1 unspecified atom stereocenters. The lowest BCUT2D eigenvalue weighted by Gasteiger charge is -2.16. The van der Waals surface area contributed by atoms with E-state index in [4.69, 9.17) is 5.73 Å². The zero-order valence-corrected chi connectivity index (χ0v) is 14.4. The molecule has 6 heteroatoms. The lowest BCUT2D eigenvalue weighted by molar-refractivity contribution is 0.0999. The number of halogens is 1. The van der Waals surface area contributed by atoms with E-state index in [1.54, 1.807) is 18.0 Å². The Morgan fingerprint density at radius 1 is 1.21 bits per heavy atom. The van der Waals surface area contributed by atoms with Gasteiger partial charge >= 0.3 is 0 Å². The van der Waals surface area contributed by atoms with Gasteiger partial charge in [-0.25, -0.2) is 0 Å². The molecule has 1 amide bonds. The Morgan fingerprint density at radius 2 is 2.00 bits per heavy atom. The number of carbonyl (C=O) groups excluding carboxylic acids is 1. The molecule has 122 valence electrons. The number of benzene rings is 1. The van der Waals surface area contributed by atoms with Gasteiger partial charge in [-0.3, -0.25) is 9.78 Å². The van der Waals surface area contributed by atoms with E-state index in [2.05, 4.69) is 21.7 Å². The van der Waals surface area contributed by atoms with Crippen molar-refractivity contribution in [2.24, 2.45) is 5.73 Å². The largest absolute Gasteiger partial charge is 0.366 e. The molecule has 0 spiro atoms. The predicted molar refractivity (Wildman–Crippen MR) is 99.3 cm³/mol. The lowest BCUT2D eigenvalue weighted by atomic mass is 10.1. The summed E-state index contributed by atoms with van der Waals surface area (Å²) in [6, 6.07) is 16.1. The summed E-state index contributed by atoms with van der Waals surface area (Å²) in [6.45, 7) is 0. The average Bonchev–Trinajstić information content (AvgIpc) is 3.16. The minimum absolute atomic E-state index is 0. The van der Waals surface area contributed by atoms with E-state index < -0.39 is 0 Å². The molecular formula is C18H16ClN3OS. The predicted octanol–water partition coefficient (Wildman–Crippen LogP) is 3.86. The summed E-state index contributed by atoms with van der Waals surface area (Å²) in [7, 11) is 0. The Morgan fingerprint density at radius 3 is 2.67 bits per heavy atom. The molecule has 4 rings (SSSR count). The standard InChI is InChI=1S/C18H15N3OS.ClH/c19-17(22)14-9-15(13-7-4-8-20-10-13)21-16(14)11-23-18(21)12-5-2-1-3-6-12;/h1-10,18H,11H2,(H2,19,22);1H. The molecule has 1 atom stereocenters. The van der Waals surface area contributed by atoms with Gasteiger partial charge in [0.1, 0.15) is 5.37 Å². The minimum atomic E-state index is -0.377. The number of fused-ring (bicyclic) bond motifs is 1. The summed E-state index contributed by atoms with van der Waals surface area (Å²) in [5, 5.41) is 0.148. The Balaban J connectivity index is 0.00000169. The summed E-state index contributed by atoms with van der Waals surface area (Å²) in [5.41, 5.74) is 10.4. The van der Waals surface area contributed by atoms with Gasteiger partial charge in [-0.05, 0) is 23.8 Å². The van der Waals surface area contributed by atoms with Crippen molar-refractivity contribution in [1.29, 1.82) is 0 Å². The third-order valence-electron chi connectivity index (χ3n) is 4.06. The monoisotopic (exact) mass is 357 g/mol. The van der Waals surface area contributed by atoms with Crippen LogP contribution in [-0.4, -0.2) is 15.5 Å². The van der Waals surface area contributed by atoms with Crippen LogP contribution < -0.4 is 5.73 Å². The van der Waals surface area contributed by atoms with Crippen molar-refractivity contribution in [2.45, 2.75) is 11.1 Å². The normalized spacial score (nSPS) is 15.6. The zero-order chi connectivity index (χ0) is 15.8. The third-order valence-corrected chi connectivity index (χ3v) is 5.30. The fourth-order valence-corrected chi connectivity index (χ4v) is 4.38. The van der Waals surface area contributed by atoms with Gasteiger partial charge in [-0.1, -0.05) is 30.3 Å². The second-order valence-electron chi connectivity index (χ2n) is 5.44. The van der Waals surface area contributed by atoms with Crippen LogP contribution in [0.25, 0.3) is 11.3 Å². The maximum absolute atomic E-state index is 11.8. The Labute approximate surface area is 150 Å². The van der Waals surface area contributed by atoms with E-state index in [1.807, 2.05) is 42.6 Å². The Kier molecular flexibility index (Phi) is 4.64. The SMILES string of the molecule is Cl.NC(=O)c1cc(-c2cccnc2)n2c1CSC2c1ccccc1. The van der Waals surface area contributed by atoms with Gasteiger partial charge in [0.25, 0.3) is 5.91 Å². The van der Waals surface area contributed by atoms with Crippen LogP contribution in [-0.2, 0) is 5.75 Å². The Bertz CT molecular complexity index is 865. The van der Waals surface area contributed by atoms with E-state index in [-0.39, 0.29) is 23.7 Å². The minimum Gasteiger partial charge on any atom is -0.366 e. The van der Waals surface area contributed by atoms with Crippen molar-refractivity contribution in [1.82, 2.24) is 9.55 Å². The third kappa shape index (κ3) is 2.70. The molecule has 0 saturated heterocycles. The first-order chi connectivity index (χ1) is 11.3. The highest BCUT2D eigenvalue weighted by Gasteiger charge is 2.31. The number of hydrogen-bond donors (Lipinski definition) is 1. The summed E-state index contributed by atoms with van der Waals surface area (Å²) in [5.74, 6) is 0.399. The van der Waals surface area contributed by atoms with Crippen molar-refractivity contribution in [3.8, 4) is 11.3 Å². The van der Waals surface area contributed by atoms with Gasteiger partial charge in [0.15, 0.2) is 0 Å². The lowest BCUT2D eigenvalue weighted by Crippen LogP contribution is -2.12. The summed E-state index contributed by atoms with van der Waals surface area (Å²) in [6.07, 6.45) is 3.56. The number of carbonyl (C=O) groups is 1. The second kappa shape index (κ2) is 6.71. The van der Waals surface area contributed by atoms with E-state index in [0.717, 1.165) is 22.7 Å². The average molecular weight is 358 g/mol. The van der Waals surface area contributed by atoms with Crippen molar-refractivity contribution in [3.05, 3.63) is 77.7 Å². The smallest absolute Gasteiger partial charge is 0.250 e. The highest BCUT2D eigenvalue weighted by atomic mass is 35.5. The van der Waals surface area contributed by atoms with Crippen molar-refractivity contribution in [3.63, 3.8) is 0 Å². The van der Waals surface area contributed by atoms with E-state index in [0.29, 0.717) is 5.56 Å². The van der Waals surface area contributed by atoms with Crippen molar-refractivity contribution in [2.75, 3.05) is 0 Å². The molecule has 2 N–H and O–H groups in total. The number of hydrogen-bond acceptors (Lipinski definition) is 3. The van der Waals surface area contributed by atoms with Gasteiger partial charge in [0.2, 0.25) is 0 Å². The highest BCUT2D eigenvalue weighted by molar-refractivity contribution is 7.99. The van der Waals surface area contributed by atoms with Crippen LogP contribution in [0.1, 0.15) is 27.0 Å². The van der Waals surface area contributed by atoms with Gasteiger partial charge in [-0.2, -0.15) is 0 Å². The second-order valence-corrected chi connectivity index (χ2v) is 6.51. The van der Waals surface area contributed by atoms with Crippen LogP contribution >= 0.6 is 24.2 Å². The molecule has 1 aliphatic heterocycles. The fourth-order valence-electron chi connectivity index (χ4n) is 3.03. The van der Waals surface area contributed by atoms with Crippen LogP contribution in [0.3, 0.4) is 0 Å². The molecule has 1 aromatic carbocycles. The van der Waals surface area contributed by atoms with Gasteiger partial charge < -0.3 is 10.3 Å². The molecule has 2 aromatic heterocycles. The quantitative estimate of drug-likeness (QED) is 0.774. The molecule has 1 aliphatic rings. The molecule has 0 fully saturated rings. The molecule has 3 aromatic rings. The first-order valence-corrected chi connectivity index (χ1v) is 8.41. The molecule has 0 radical (unpaired) electrons. The number of primary amides is 1. The van der Waals surface area contributed by atoms with Gasteiger partial charge in [0.05, 0.1) is 11.3 Å². The maximum Gasteiger partial charge on any atom is 0.250 e. The number of thioether (sulfide) groups is 1. The number of aromatic nitrogens is 2. The molecular weight excluding hydrogens is 342 g/mol. The van der Waals surface area contributed by atoms with Gasteiger partial charge in [-0.15, -0.1) is 24.2 Å². The molecule has 4 nitrogen and oxygen atoms in total. The number of rotatable bonds is 3. The van der Waals surface area contributed by atoms with Crippen molar-refractivity contribution >= 4 is 30.1 Å². The zero-order valence-electron chi connectivity index (χ0n) is 12.8. The van der Waals surface area contributed by atoms with Crippen LogP contribution in [0.5, 0.6) is 0 Å². The first kappa shape index (κ1) is 16.6. The molecule has 0 aliphatic carbocycles. The number of nitrogens with zero attached hydrogens (tertiary/aromatic N) is 2. The summed E-state index contributed by atoms with van der Waals surface area (Å²) < 4.78 is 2.22. The Hall–Kier alpha value is -2.24. The van der Waals surface area contributed by atoms with Crippen LogP contribution in [0, 0.1) is 0 Å². The number of nitrogens with two attached hydrogens (primary N) is 1. The van der Waals surface area contributed by atoms with Crippen LogP contribution in [0.2, 0.25) is 0 Å². The van der Waals surface area contributed by atoms with E-state index in [1.165, 1.54) is 5.56 Å². The first-order valence-electron chi connectivity index (χ1n) is 7.36. The number of pyridine rings is 1. The van der Waals surface area contributed by atoms with E-state index in [9.17, 15) is 4.79 Å². The van der Waals surface area contributed by atoms with Crippen molar-refractivity contribution < 1.29 is 4.79 Å².